The normalized spacial score (nSPS) is 12.7. The summed E-state index contributed by atoms with van der Waals surface area (Å²) in [5.74, 6) is -0.424. The van der Waals surface area contributed by atoms with Crippen molar-refractivity contribution >= 4 is 50.7 Å². The zero-order valence-corrected chi connectivity index (χ0v) is 17.4. The maximum atomic E-state index is 12.7. The molecule has 160 valence electrons. The van der Waals surface area contributed by atoms with Crippen LogP contribution in [0.2, 0.25) is 5.02 Å². The first kappa shape index (κ1) is 21.1. The van der Waals surface area contributed by atoms with Gasteiger partial charge < -0.3 is 15.6 Å². The van der Waals surface area contributed by atoms with Crippen LogP contribution in [0.25, 0.3) is 11.0 Å². The molecule has 1 amide bonds. The van der Waals surface area contributed by atoms with Crippen molar-refractivity contribution in [1.82, 2.24) is 25.3 Å². The van der Waals surface area contributed by atoms with Crippen molar-refractivity contribution in [3.63, 3.8) is 0 Å². The number of hydrogen-bond acceptors (Lipinski definition) is 6. The van der Waals surface area contributed by atoms with Crippen molar-refractivity contribution < 1.29 is 18.0 Å². The Morgan fingerprint density at radius 3 is 2.65 bits per heavy atom. The molecule has 3 heterocycles. The van der Waals surface area contributed by atoms with E-state index in [0.29, 0.717) is 26.9 Å². The summed E-state index contributed by atoms with van der Waals surface area (Å²) in [6.45, 7) is 1.78. The molecule has 0 aliphatic rings. The zero-order chi connectivity index (χ0) is 22.2. The molecule has 3 aromatic heterocycles. The van der Waals surface area contributed by atoms with E-state index in [1.807, 2.05) is 0 Å². The summed E-state index contributed by atoms with van der Waals surface area (Å²) in [6.07, 6.45) is -0.00170. The van der Waals surface area contributed by atoms with Crippen molar-refractivity contribution in [3.05, 3.63) is 64.1 Å². The molecule has 0 saturated carbocycles. The van der Waals surface area contributed by atoms with Gasteiger partial charge in [-0.05, 0) is 31.2 Å². The highest BCUT2D eigenvalue weighted by Crippen LogP contribution is 2.32. The molecule has 1 aromatic carbocycles. The predicted molar refractivity (Wildman–Crippen MR) is 112 cm³/mol. The number of carbonyl (C=O) groups is 1. The van der Waals surface area contributed by atoms with Crippen LogP contribution >= 0.6 is 22.9 Å². The van der Waals surface area contributed by atoms with Gasteiger partial charge in [0.15, 0.2) is 5.13 Å². The van der Waals surface area contributed by atoms with Gasteiger partial charge in [0.1, 0.15) is 17.7 Å². The van der Waals surface area contributed by atoms with Crippen LogP contribution in [0, 0.1) is 0 Å². The van der Waals surface area contributed by atoms with Gasteiger partial charge in [0.05, 0.1) is 22.0 Å². The van der Waals surface area contributed by atoms with E-state index in [2.05, 4.69) is 30.6 Å². The van der Waals surface area contributed by atoms with E-state index in [1.165, 1.54) is 36.0 Å². The van der Waals surface area contributed by atoms with E-state index >= 15 is 0 Å². The van der Waals surface area contributed by atoms with Crippen LogP contribution in [0.5, 0.6) is 0 Å². The van der Waals surface area contributed by atoms with Gasteiger partial charge in [-0.2, -0.15) is 13.2 Å². The number of nitrogens with one attached hydrogen (secondary N) is 3. The number of thiazole rings is 1. The smallest absolute Gasteiger partial charge is 0.344 e. The lowest BCUT2D eigenvalue weighted by Gasteiger charge is -2.12. The maximum absolute atomic E-state index is 12.7. The molecule has 12 heteroatoms. The molecule has 1 atom stereocenters. The predicted octanol–water partition coefficient (Wildman–Crippen LogP) is 5.32. The fourth-order valence-corrected chi connectivity index (χ4v) is 3.92. The Morgan fingerprint density at radius 2 is 1.94 bits per heavy atom. The fourth-order valence-electron chi connectivity index (χ4n) is 2.84. The van der Waals surface area contributed by atoms with E-state index in [-0.39, 0.29) is 5.69 Å². The number of alkyl halides is 3. The Balaban J connectivity index is 1.45. The van der Waals surface area contributed by atoms with Gasteiger partial charge in [-0.15, -0.1) is 0 Å². The summed E-state index contributed by atoms with van der Waals surface area (Å²) in [4.78, 5) is 28.6. The fraction of sp³-hybridized carbons (Fsp3) is 0.158. The minimum Gasteiger partial charge on any atom is -0.344 e. The lowest BCUT2D eigenvalue weighted by atomic mass is 10.2. The molecule has 7 nitrogen and oxygen atoms in total. The summed E-state index contributed by atoms with van der Waals surface area (Å²) < 4.78 is 38.0. The van der Waals surface area contributed by atoms with Gasteiger partial charge in [-0.1, -0.05) is 22.9 Å². The molecule has 1 unspecified atom stereocenters. The molecule has 31 heavy (non-hydrogen) atoms. The topological polar surface area (TPSA) is 95.6 Å². The molecule has 0 aliphatic heterocycles. The Labute approximate surface area is 182 Å². The zero-order valence-electron chi connectivity index (χ0n) is 15.8. The number of halogens is 4. The largest absolute Gasteiger partial charge is 0.416 e. The Morgan fingerprint density at radius 1 is 1.19 bits per heavy atom. The van der Waals surface area contributed by atoms with Crippen molar-refractivity contribution in [1.29, 1.82) is 0 Å². The van der Waals surface area contributed by atoms with E-state index in [4.69, 9.17) is 11.6 Å². The van der Waals surface area contributed by atoms with Crippen molar-refractivity contribution in [2.24, 2.45) is 0 Å². The van der Waals surface area contributed by atoms with Gasteiger partial charge >= 0.3 is 6.18 Å². The average Bonchev–Trinajstić information content (AvgIpc) is 3.35. The number of amides is 1. The first-order chi connectivity index (χ1) is 14.7. The molecule has 0 bridgehead atoms. The molecular formula is C19H14ClF3N6OS. The number of nitrogens with zero attached hydrogens (tertiary/aromatic N) is 3. The number of carbonyl (C=O) groups excluding carboxylic acids is 1. The molecule has 0 fully saturated rings. The highest BCUT2D eigenvalue weighted by molar-refractivity contribution is 7.15. The SMILES string of the molecule is CC(NC(=O)c1ncnc2[nH]cc(Cl)c12)c1cnc(Nc2ccc(C(F)(F)F)cc2)s1. The molecule has 3 N–H and O–H groups in total. The van der Waals surface area contributed by atoms with Crippen LogP contribution in [-0.2, 0) is 6.18 Å². The summed E-state index contributed by atoms with van der Waals surface area (Å²) in [5.41, 5.74) is 0.348. The van der Waals surface area contributed by atoms with Gasteiger partial charge in [-0.3, -0.25) is 4.79 Å². The van der Waals surface area contributed by atoms with Crippen LogP contribution in [0.1, 0.15) is 33.9 Å². The molecule has 0 aliphatic carbocycles. The van der Waals surface area contributed by atoms with Crippen molar-refractivity contribution in [2.75, 3.05) is 5.32 Å². The second-order valence-electron chi connectivity index (χ2n) is 6.55. The second-order valence-corrected chi connectivity index (χ2v) is 8.01. The third kappa shape index (κ3) is 4.47. The van der Waals surface area contributed by atoms with E-state index < -0.39 is 23.7 Å². The third-order valence-electron chi connectivity index (χ3n) is 4.40. The van der Waals surface area contributed by atoms with Gasteiger partial charge in [0.2, 0.25) is 0 Å². The molecule has 4 aromatic rings. The minimum absolute atomic E-state index is 0.149. The van der Waals surface area contributed by atoms with Crippen molar-refractivity contribution in [3.8, 4) is 0 Å². The van der Waals surface area contributed by atoms with E-state index in [1.54, 1.807) is 13.1 Å². The van der Waals surface area contributed by atoms with Crippen molar-refractivity contribution in [2.45, 2.75) is 19.1 Å². The number of H-pyrrole nitrogens is 1. The number of anilines is 2. The highest BCUT2D eigenvalue weighted by atomic mass is 35.5. The summed E-state index contributed by atoms with van der Waals surface area (Å²) in [5, 5.41) is 7.05. The number of rotatable bonds is 5. The van der Waals surface area contributed by atoms with E-state index in [0.717, 1.165) is 17.0 Å². The number of aromatic amines is 1. The van der Waals surface area contributed by atoms with E-state index in [9.17, 15) is 18.0 Å². The van der Waals surface area contributed by atoms with Crippen LogP contribution in [0.4, 0.5) is 24.0 Å². The number of hydrogen-bond donors (Lipinski definition) is 3. The quantitative estimate of drug-likeness (QED) is 0.370. The third-order valence-corrected chi connectivity index (χ3v) is 5.79. The first-order valence-corrected chi connectivity index (χ1v) is 10.1. The minimum atomic E-state index is -4.39. The van der Waals surface area contributed by atoms with Gasteiger partial charge in [0.25, 0.3) is 5.91 Å². The summed E-state index contributed by atoms with van der Waals surface area (Å²) in [6, 6.07) is 4.25. The maximum Gasteiger partial charge on any atom is 0.416 e. The number of aromatic nitrogens is 4. The number of fused-ring (bicyclic) bond motifs is 1. The standard InChI is InChI=1S/C19H14ClF3N6OS/c1-9(28-17(30)15-14-12(20)6-24-16(14)27-8-26-15)13-7-25-18(31-13)29-11-4-2-10(3-5-11)19(21,22)23/h2-9H,1H3,(H,25,29)(H,28,30)(H,24,26,27). The Bertz CT molecular complexity index is 1240. The molecule has 0 saturated heterocycles. The Kier molecular flexibility index (Phi) is 5.54. The molecule has 4 rings (SSSR count). The number of benzene rings is 1. The first-order valence-electron chi connectivity index (χ1n) is 8.91. The highest BCUT2D eigenvalue weighted by Gasteiger charge is 2.30. The second kappa shape index (κ2) is 8.16. The lowest BCUT2D eigenvalue weighted by molar-refractivity contribution is -0.137. The molecular weight excluding hydrogens is 453 g/mol. The summed E-state index contributed by atoms with van der Waals surface area (Å²) >= 11 is 7.39. The molecule has 0 radical (unpaired) electrons. The molecule has 0 spiro atoms. The average molecular weight is 467 g/mol. The van der Waals surface area contributed by atoms with Gasteiger partial charge in [0, 0.05) is 23.0 Å². The van der Waals surface area contributed by atoms with Crippen LogP contribution in [-0.4, -0.2) is 25.8 Å². The van der Waals surface area contributed by atoms with Crippen LogP contribution in [0.3, 0.4) is 0 Å². The Hall–Kier alpha value is -3.18. The van der Waals surface area contributed by atoms with Crippen LogP contribution in [0.15, 0.2) is 43.0 Å². The lowest BCUT2D eigenvalue weighted by Crippen LogP contribution is -2.27. The van der Waals surface area contributed by atoms with Crippen LogP contribution < -0.4 is 10.6 Å². The van der Waals surface area contributed by atoms with Gasteiger partial charge in [-0.25, -0.2) is 15.0 Å². The summed E-state index contributed by atoms with van der Waals surface area (Å²) in [7, 11) is 0. The monoisotopic (exact) mass is 466 g/mol.